The highest BCUT2D eigenvalue weighted by Crippen LogP contribution is 2.17. The molecule has 0 bridgehead atoms. The maximum absolute atomic E-state index is 5.82. The van der Waals surface area contributed by atoms with Gasteiger partial charge < -0.3 is 14.4 Å². The van der Waals surface area contributed by atoms with Gasteiger partial charge in [0, 0.05) is 51.2 Å². The van der Waals surface area contributed by atoms with Crippen molar-refractivity contribution in [1.29, 1.82) is 0 Å². The third kappa shape index (κ3) is 5.62. The summed E-state index contributed by atoms with van der Waals surface area (Å²) in [6.45, 7) is 11.2. The first-order valence-electron chi connectivity index (χ1n) is 9.76. The number of anilines is 1. The number of nitrogens with zero attached hydrogens (tertiary/aromatic N) is 4. The maximum atomic E-state index is 5.82. The highest BCUT2D eigenvalue weighted by atomic mass is 16.7. The molecule has 0 aliphatic carbocycles. The van der Waals surface area contributed by atoms with Crippen LogP contribution in [0.5, 0.6) is 0 Å². The molecule has 6 nitrogen and oxygen atoms in total. The second-order valence-corrected chi connectivity index (χ2v) is 7.29. The van der Waals surface area contributed by atoms with E-state index in [9.17, 15) is 0 Å². The van der Waals surface area contributed by atoms with Crippen molar-refractivity contribution in [3.8, 4) is 0 Å². The molecule has 1 atom stereocenters. The van der Waals surface area contributed by atoms with Crippen molar-refractivity contribution >= 4 is 5.95 Å². The zero-order valence-electron chi connectivity index (χ0n) is 15.7. The zero-order chi connectivity index (χ0) is 17.5. The lowest BCUT2D eigenvalue weighted by Gasteiger charge is -2.35. The first-order valence-corrected chi connectivity index (χ1v) is 9.76. The van der Waals surface area contributed by atoms with Gasteiger partial charge in [-0.1, -0.05) is 13.8 Å². The van der Waals surface area contributed by atoms with Gasteiger partial charge in [-0.15, -0.1) is 0 Å². The Morgan fingerprint density at radius 2 is 2.08 bits per heavy atom. The molecule has 6 heteroatoms. The minimum atomic E-state index is 0.0379. The molecule has 2 fully saturated rings. The molecule has 0 spiro atoms. The predicted molar refractivity (Wildman–Crippen MR) is 98.9 cm³/mol. The molecule has 1 aromatic rings. The molecule has 2 aliphatic rings. The first kappa shape index (κ1) is 18.5. The van der Waals surface area contributed by atoms with E-state index in [1.54, 1.807) is 0 Å². The third-order valence-electron chi connectivity index (χ3n) is 4.97. The van der Waals surface area contributed by atoms with E-state index in [0.29, 0.717) is 5.92 Å². The highest BCUT2D eigenvalue weighted by Gasteiger charge is 2.19. The molecule has 0 radical (unpaired) electrons. The summed E-state index contributed by atoms with van der Waals surface area (Å²) in [6, 6.07) is 2.01. The van der Waals surface area contributed by atoms with Crippen LogP contribution >= 0.6 is 0 Å². The number of piperazine rings is 1. The van der Waals surface area contributed by atoms with Crippen LogP contribution in [0.4, 0.5) is 5.95 Å². The minimum absolute atomic E-state index is 0.0379. The molecule has 2 saturated heterocycles. The Morgan fingerprint density at radius 3 is 2.80 bits per heavy atom. The van der Waals surface area contributed by atoms with Gasteiger partial charge in [0.2, 0.25) is 5.95 Å². The molecule has 0 aromatic carbocycles. The van der Waals surface area contributed by atoms with Crippen molar-refractivity contribution in [2.75, 3.05) is 50.8 Å². The van der Waals surface area contributed by atoms with Crippen molar-refractivity contribution in [2.24, 2.45) is 0 Å². The van der Waals surface area contributed by atoms with Crippen LogP contribution in [-0.4, -0.2) is 67.1 Å². The Kier molecular flexibility index (Phi) is 7.02. The molecule has 2 aliphatic heterocycles. The second-order valence-electron chi connectivity index (χ2n) is 7.29. The van der Waals surface area contributed by atoms with Gasteiger partial charge >= 0.3 is 0 Å². The SMILES string of the molecule is CC(C)c1ccnc(N2CCN(CCCOC3CCCCO3)CC2)n1. The molecule has 140 valence electrons. The van der Waals surface area contributed by atoms with Crippen molar-refractivity contribution < 1.29 is 9.47 Å². The van der Waals surface area contributed by atoms with E-state index in [1.165, 1.54) is 12.8 Å². The van der Waals surface area contributed by atoms with Gasteiger partial charge in [-0.2, -0.15) is 0 Å². The van der Waals surface area contributed by atoms with Gasteiger partial charge in [0.25, 0.3) is 0 Å². The van der Waals surface area contributed by atoms with Gasteiger partial charge in [0.05, 0.1) is 6.61 Å². The van der Waals surface area contributed by atoms with Gasteiger partial charge in [0.1, 0.15) is 0 Å². The monoisotopic (exact) mass is 348 g/mol. The number of hydrogen-bond acceptors (Lipinski definition) is 6. The summed E-state index contributed by atoms with van der Waals surface area (Å²) < 4.78 is 11.4. The molecule has 25 heavy (non-hydrogen) atoms. The quantitative estimate of drug-likeness (QED) is 0.706. The number of rotatable bonds is 7. The predicted octanol–water partition coefficient (Wildman–Crippen LogP) is 2.66. The fourth-order valence-electron chi connectivity index (χ4n) is 3.35. The Balaban J connectivity index is 1.35. The van der Waals surface area contributed by atoms with E-state index in [4.69, 9.17) is 14.5 Å². The van der Waals surface area contributed by atoms with Crippen LogP contribution in [0.15, 0.2) is 12.3 Å². The van der Waals surface area contributed by atoms with Crippen LogP contribution in [0.3, 0.4) is 0 Å². The van der Waals surface area contributed by atoms with Crippen LogP contribution in [0, 0.1) is 0 Å². The molecule has 3 heterocycles. The molecular formula is C19H32N4O2. The fraction of sp³-hybridized carbons (Fsp3) is 0.789. The van der Waals surface area contributed by atoms with E-state index in [0.717, 1.165) is 70.4 Å². The Hall–Kier alpha value is -1.24. The van der Waals surface area contributed by atoms with Crippen LogP contribution in [0.25, 0.3) is 0 Å². The van der Waals surface area contributed by atoms with Crippen molar-refractivity contribution in [2.45, 2.75) is 51.7 Å². The van der Waals surface area contributed by atoms with Crippen molar-refractivity contribution in [3.63, 3.8) is 0 Å². The van der Waals surface area contributed by atoms with E-state index >= 15 is 0 Å². The van der Waals surface area contributed by atoms with Gasteiger partial charge in [-0.3, -0.25) is 4.90 Å². The van der Waals surface area contributed by atoms with E-state index in [1.807, 2.05) is 12.3 Å². The number of aromatic nitrogens is 2. The average Bonchev–Trinajstić information content (AvgIpc) is 2.67. The third-order valence-corrected chi connectivity index (χ3v) is 4.97. The average molecular weight is 348 g/mol. The van der Waals surface area contributed by atoms with Crippen LogP contribution in [0.1, 0.15) is 51.1 Å². The van der Waals surface area contributed by atoms with E-state index in [-0.39, 0.29) is 6.29 Å². The minimum Gasteiger partial charge on any atom is -0.353 e. The highest BCUT2D eigenvalue weighted by molar-refractivity contribution is 5.31. The molecule has 3 rings (SSSR count). The summed E-state index contributed by atoms with van der Waals surface area (Å²) >= 11 is 0. The fourth-order valence-corrected chi connectivity index (χ4v) is 3.35. The second kappa shape index (κ2) is 9.46. The van der Waals surface area contributed by atoms with Crippen LogP contribution < -0.4 is 4.90 Å². The van der Waals surface area contributed by atoms with E-state index in [2.05, 4.69) is 28.6 Å². The molecule has 1 unspecified atom stereocenters. The van der Waals surface area contributed by atoms with Crippen molar-refractivity contribution in [3.05, 3.63) is 18.0 Å². The smallest absolute Gasteiger partial charge is 0.225 e. The normalized spacial score (nSPS) is 22.5. The summed E-state index contributed by atoms with van der Waals surface area (Å²) in [6.07, 6.45) is 6.44. The maximum Gasteiger partial charge on any atom is 0.225 e. The number of ether oxygens (including phenoxy) is 2. The topological polar surface area (TPSA) is 50.7 Å². The van der Waals surface area contributed by atoms with Crippen LogP contribution in [-0.2, 0) is 9.47 Å². The Bertz CT molecular complexity index is 512. The Labute approximate surface area is 151 Å². The summed E-state index contributed by atoms with van der Waals surface area (Å²) in [5, 5.41) is 0. The standard InChI is InChI=1S/C19H32N4O2/c1-16(2)17-7-8-20-19(21-17)23-12-10-22(11-13-23)9-5-15-25-18-6-3-4-14-24-18/h7-8,16,18H,3-6,9-15H2,1-2H3. The summed E-state index contributed by atoms with van der Waals surface area (Å²) in [5.41, 5.74) is 1.12. The van der Waals surface area contributed by atoms with E-state index < -0.39 is 0 Å². The summed E-state index contributed by atoms with van der Waals surface area (Å²) in [7, 11) is 0. The lowest BCUT2D eigenvalue weighted by Crippen LogP contribution is -2.47. The molecular weight excluding hydrogens is 316 g/mol. The van der Waals surface area contributed by atoms with Gasteiger partial charge in [-0.05, 0) is 37.7 Å². The van der Waals surface area contributed by atoms with Gasteiger partial charge in [-0.25, -0.2) is 9.97 Å². The Morgan fingerprint density at radius 1 is 1.24 bits per heavy atom. The summed E-state index contributed by atoms with van der Waals surface area (Å²) in [4.78, 5) is 14.0. The number of hydrogen-bond donors (Lipinski definition) is 0. The summed E-state index contributed by atoms with van der Waals surface area (Å²) in [5.74, 6) is 1.32. The van der Waals surface area contributed by atoms with Crippen molar-refractivity contribution in [1.82, 2.24) is 14.9 Å². The van der Waals surface area contributed by atoms with Gasteiger partial charge in [0.15, 0.2) is 6.29 Å². The van der Waals surface area contributed by atoms with Crippen LogP contribution in [0.2, 0.25) is 0 Å². The molecule has 0 saturated carbocycles. The molecule has 0 amide bonds. The lowest BCUT2D eigenvalue weighted by molar-refractivity contribution is -0.163. The first-order chi connectivity index (χ1) is 12.2. The lowest BCUT2D eigenvalue weighted by atomic mass is 10.1. The largest absolute Gasteiger partial charge is 0.353 e. The molecule has 0 N–H and O–H groups in total. The molecule has 1 aromatic heterocycles. The zero-order valence-corrected chi connectivity index (χ0v) is 15.7.